The summed E-state index contributed by atoms with van der Waals surface area (Å²) in [5.74, 6) is 0.985. The Labute approximate surface area is 126 Å². The molecule has 19 heavy (non-hydrogen) atoms. The average Bonchev–Trinajstić information content (AvgIpc) is 2.74. The number of halogens is 1. The maximum Gasteiger partial charge on any atom is 0.127 e. The van der Waals surface area contributed by atoms with Crippen molar-refractivity contribution in [2.45, 2.75) is 6.54 Å². The van der Waals surface area contributed by atoms with Crippen LogP contribution in [-0.4, -0.2) is 21.6 Å². The van der Waals surface area contributed by atoms with E-state index in [4.69, 9.17) is 18.0 Å². The molecule has 2 aromatic rings. The molecule has 6 heteroatoms. The molecule has 0 aliphatic carbocycles. The summed E-state index contributed by atoms with van der Waals surface area (Å²) in [6.07, 6.45) is 3.72. The number of aromatic nitrogens is 2. The Morgan fingerprint density at radius 3 is 2.84 bits per heavy atom. The fraction of sp³-hybridized carbons (Fsp3) is 0.231. The highest BCUT2D eigenvalue weighted by Crippen LogP contribution is 2.24. The van der Waals surface area contributed by atoms with Crippen LogP contribution < -0.4 is 10.6 Å². The van der Waals surface area contributed by atoms with E-state index in [2.05, 4.69) is 25.8 Å². The first-order valence-corrected chi connectivity index (χ1v) is 6.96. The molecule has 100 valence electrons. The average molecular weight is 339 g/mol. The smallest absolute Gasteiger partial charge is 0.127 e. The Morgan fingerprint density at radius 2 is 2.26 bits per heavy atom. The molecule has 0 bridgehead atoms. The molecule has 0 saturated carbocycles. The molecule has 0 spiro atoms. The number of benzene rings is 1. The van der Waals surface area contributed by atoms with Gasteiger partial charge in [-0.25, -0.2) is 4.98 Å². The van der Waals surface area contributed by atoms with Gasteiger partial charge in [-0.3, -0.25) is 0 Å². The summed E-state index contributed by atoms with van der Waals surface area (Å²) >= 11 is 8.55. The molecule has 0 radical (unpaired) electrons. The SMILES string of the molecule is CN(Cc1nccn1C)c1ccc(Br)cc1C(N)=S. The second-order valence-electron chi connectivity index (χ2n) is 4.34. The third-order valence-corrected chi connectivity index (χ3v) is 3.65. The highest BCUT2D eigenvalue weighted by Gasteiger charge is 2.12. The second-order valence-corrected chi connectivity index (χ2v) is 5.69. The van der Waals surface area contributed by atoms with Gasteiger partial charge < -0.3 is 15.2 Å². The number of hydrogen-bond donors (Lipinski definition) is 1. The lowest BCUT2D eigenvalue weighted by molar-refractivity contribution is 0.761. The van der Waals surface area contributed by atoms with Crippen molar-refractivity contribution < 1.29 is 0 Å². The summed E-state index contributed by atoms with van der Waals surface area (Å²) in [4.78, 5) is 6.80. The first-order valence-electron chi connectivity index (χ1n) is 5.75. The van der Waals surface area contributed by atoms with Crippen LogP contribution in [0.3, 0.4) is 0 Å². The quantitative estimate of drug-likeness (QED) is 0.870. The zero-order valence-electron chi connectivity index (χ0n) is 10.8. The predicted molar refractivity (Wildman–Crippen MR) is 85.3 cm³/mol. The van der Waals surface area contributed by atoms with E-state index in [1.165, 1.54) is 0 Å². The minimum atomic E-state index is 0.392. The molecular weight excluding hydrogens is 324 g/mol. The topological polar surface area (TPSA) is 47.1 Å². The third kappa shape index (κ3) is 3.13. The summed E-state index contributed by atoms with van der Waals surface area (Å²) in [7, 11) is 3.98. The number of thiocarbonyl (C=S) groups is 1. The summed E-state index contributed by atoms with van der Waals surface area (Å²) in [6, 6.07) is 5.92. The maximum absolute atomic E-state index is 5.79. The molecule has 1 aromatic heterocycles. The highest BCUT2D eigenvalue weighted by atomic mass is 79.9. The van der Waals surface area contributed by atoms with Crippen LogP contribution >= 0.6 is 28.1 Å². The molecule has 0 atom stereocenters. The number of nitrogens with zero attached hydrogens (tertiary/aromatic N) is 3. The van der Waals surface area contributed by atoms with Crippen LogP contribution in [0.1, 0.15) is 11.4 Å². The number of imidazole rings is 1. The molecule has 4 nitrogen and oxygen atoms in total. The lowest BCUT2D eigenvalue weighted by atomic mass is 10.1. The predicted octanol–water partition coefficient (Wildman–Crippen LogP) is 2.45. The van der Waals surface area contributed by atoms with Crippen LogP contribution in [0.4, 0.5) is 5.69 Å². The van der Waals surface area contributed by atoms with Crippen molar-refractivity contribution >= 4 is 38.8 Å². The second kappa shape index (κ2) is 5.71. The number of hydrogen-bond acceptors (Lipinski definition) is 3. The van der Waals surface area contributed by atoms with E-state index in [0.29, 0.717) is 11.5 Å². The first kappa shape index (κ1) is 14.0. The van der Waals surface area contributed by atoms with Crippen molar-refractivity contribution in [1.82, 2.24) is 9.55 Å². The van der Waals surface area contributed by atoms with E-state index in [1.807, 2.05) is 43.1 Å². The van der Waals surface area contributed by atoms with E-state index in [-0.39, 0.29) is 0 Å². The summed E-state index contributed by atoms with van der Waals surface area (Å²) in [5, 5.41) is 0. The Hall–Kier alpha value is -1.40. The molecular formula is C13H15BrN4S. The molecule has 0 aliphatic rings. The minimum absolute atomic E-state index is 0.392. The highest BCUT2D eigenvalue weighted by molar-refractivity contribution is 9.10. The number of anilines is 1. The fourth-order valence-corrected chi connectivity index (χ4v) is 2.41. The summed E-state index contributed by atoms with van der Waals surface area (Å²) in [5.41, 5.74) is 7.65. The fourth-order valence-electron chi connectivity index (χ4n) is 1.88. The van der Waals surface area contributed by atoms with Gasteiger partial charge in [0.1, 0.15) is 10.8 Å². The van der Waals surface area contributed by atoms with Crippen LogP contribution in [0.2, 0.25) is 0 Å². The molecule has 0 amide bonds. The van der Waals surface area contributed by atoms with E-state index < -0.39 is 0 Å². The molecule has 2 N–H and O–H groups in total. The van der Waals surface area contributed by atoms with E-state index >= 15 is 0 Å². The van der Waals surface area contributed by atoms with Gasteiger partial charge in [-0.15, -0.1) is 0 Å². The number of nitrogens with two attached hydrogens (primary N) is 1. The Balaban J connectivity index is 2.31. The lowest BCUT2D eigenvalue weighted by Crippen LogP contribution is -2.23. The van der Waals surface area contributed by atoms with Gasteiger partial charge in [0.15, 0.2) is 0 Å². The monoisotopic (exact) mass is 338 g/mol. The largest absolute Gasteiger partial charge is 0.389 e. The van der Waals surface area contributed by atoms with Gasteiger partial charge in [0.05, 0.1) is 6.54 Å². The van der Waals surface area contributed by atoms with Crippen molar-refractivity contribution in [1.29, 1.82) is 0 Å². The first-order chi connectivity index (χ1) is 8.99. The Morgan fingerprint density at radius 1 is 1.53 bits per heavy atom. The number of rotatable bonds is 4. The standard InChI is InChI=1S/C13H15BrN4S/c1-17-6-5-16-12(17)8-18(2)11-4-3-9(14)7-10(11)13(15)19/h3-7H,8H2,1-2H3,(H2,15,19). The Bertz CT molecular complexity index is 608. The summed E-state index contributed by atoms with van der Waals surface area (Å²) in [6.45, 7) is 0.695. The normalized spacial score (nSPS) is 10.5. The van der Waals surface area contributed by atoms with E-state index in [9.17, 15) is 0 Å². The zero-order chi connectivity index (χ0) is 14.0. The van der Waals surface area contributed by atoms with Crippen molar-refractivity contribution in [3.05, 3.63) is 46.5 Å². The minimum Gasteiger partial charge on any atom is -0.389 e. The van der Waals surface area contributed by atoms with Gasteiger partial charge in [0, 0.05) is 42.2 Å². The van der Waals surface area contributed by atoms with Gasteiger partial charge in [0.25, 0.3) is 0 Å². The van der Waals surface area contributed by atoms with Crippen molar-refractivity contribution in [3.8, 4) is 0 Å². The zero-order valence-corrected chi connectivity index (χ0v) is 13.2. The van der Waals surface area contributed by atoms with Crippen LogP contribution in [-0.2, 0) is 13.6 Å². The molecule has 0 aliphatic heterocycles. The van der Waals surface area contributed by atoms with Gasteiger partial charge in [-0.05, 0) is 18.2 Å². The lowest BCUT2D eigenvalue weighted by Gasteiger charge is -2.22. The molecule has 1 aromatic carbocycles. The van der Waals surface area contributed by atoms with Crippen LogP contribution in [0.5, 0.6) is 0 Å². The van der Waals surface area contributed by atoms with Gasteiger partial charge in [0.2, 0.25) is 0 Å². The van der Waals surface area contributed by atoms with E-state index in [1.54, 1.807) is 6.20 Å². The molecule has 1 heterocycles. The van der Waals surface area contributed by atoms with Gasteiger partial charge >= 0.3 is 0 Å². The molecule has 0 unspecified atom stereocenters. The van der Waals surface area contributed by atoms with Crippen molar-refractivity contribution in [2.24, 2.45) is 12.8 Å². The third-order valence-electron chi connectivity index (χ3n) is 2.93. The van der Waals surface area contributed by atoms with Gasteiger partial charge in [-0.2, -0.15) is 0 Å². The van der Waals surface area contributed by atoms with Crippen LogP contribution in [0, 0.1) is 0 Å². The maximum atomic E-state index is 5.79. The molecule has 2 rings (SSSR count). The Kier molecular flexibility index (Phi) is 4.21. The van der Waals surface area contributed by atoms with Crippen LogP contribution in [0.25, 0.3) is 0 Å². The summed E-state index contributed by atoms with van der Waals surface area (Å²) < 4.78 is 2.96. The van der Waals surface area contributed by atoms with Crippen molar-refractivity contribution in [2.75, 3.05) is 11.9 Å². The van der Waals surface area contributed by atoms with Gasteiger partial charge in [-0.1, -0.05) is 28.1 Å². The molecule has 0 fully saturated rings. The number of aryl methyl sites for hydroxylation is 1. The van der Waals surface area contributed by atoms with Crippen molar-refractivity contribution in [3.63, 3.8) is 0 Å². The van der Waals surface area contributed by atoms with Crippen LogP contribution in [0.15, 0.2) is 35.1 Å². The molecule has 0 saturated heterocycles. The van der Waals surface area contributed by atoms with E-state index in [0.717, 1.165) is 21.5 Å².